The molecule has 21 heavy (non-hydrogen) atoms. The molecule has 0 radical (unpaired) electrons. The molecule has 1 rings (SSSR count). The van der Waals surface area contributed by atoms with Crippen LogP contribution in [0.2, 0.25) is 5.02 Å². The summed E-state index contributed by atoms with van der Waals surface area (Å²) in [6.45, 7) is 7.75. The fraction of sp³-hybridized carbons (Fsp3) is 0.562. The molecule has 1 aromatic carbocycles. The highest BCUT2D eigenvalue weighted by molar-refractivity contribution is 6.30. The second kappa shape index (κ2) is 8.90. The topological polar surface area (TPSA) is 41.6 Å². The van der Waals surface area contributed by atoms with Gasteiger partial charge in [0.25, 0.3) is 5.91 Å². The van der Waals surface area contributed by atoms with Gasteiger partial charge in [-0.25, -0.2) is 0 Å². The van der Waals surface area contributed by atoms with Crippen molar-refractivity contribution in [2.75, 3.05) is 26.7 Å². The number of amides is 1. The van der Waals surface area contributed by atoms with Gasteiger partial charge in [-0.1, -0.05) is 18.5 Å². The van der Waals surface area contributed by atoms with Crippen molar-refractivity contribution in [3.05, 3.63) is 28.8 Å². The molecular weight excluding hydrogens is 288 g/mol. The summed E-state index contributed by atoms with van der Waals surface area (Å²) in [5.41, 5.74) is 0.975. The molecule has 118 valence electrons. The van der Waals surface area contributed by atoms with Crippen LogP contribution in [0.3, 0.4) is 0 Å². The summed E-state index contributed by atoms with van der Waals surface area (Å²) in [6, 6.07) is 5.61. The maximum Gasteiger partial charge on any atom is 0.260 e. The molecule has 0 aliphatic carbocycles. The number of nitrogens with zero attached hydrogens (tertiary/aromatic N) is 1. The zero-order valence-electron chi connectivity index (χ0n) is 13.3. The Kier molecular flexibility index (Phi) is 7.54. The molecule has 0 saturated heterocycles. The maximum absolute atomic E-state index is 11.8. The summed E-state index contributed by atoms with van der Waals surface area (Å²) in [4.78, 5) is 13.5. The summed E-state index contributed by atoms with van der Waals surface area (Å²) >= 11 is 6.07. The van der Waals surface area contributed by atoms with Gasteiger partial charge in [-0.15, -0.1) is 0 Å². The predicted octanol–water partition coefficient (Wildman–Crippen LogP) is 3.26. The predicted molar refractivity (Wildman–Crippen MR) is 87.0 cm³/mol. The molecule has 1 unspecified atom stereocenters. The van der Waals surface area contributed by atoms with E-state index in [1.54, 1.807) is 18.0 Å². The largest absolute Gasteiger partial charge is 0.483 e. The van der Waals surface area contributed by atoms with Gasteiger partial charge in [0, 0.05) is 30.2 Å². The van der Waals surface area contributed by atoms with Crippen molar-refractivity contribution >= 4 is 17.5 Å². The van der Waals surface area contributed by atoms with E-state index in [2.05, 4.69) is 19.2 Å². The summed E-state index contributed by atoms with van der Waals surface area (Å²) in [5.74, 6) is 0.668. The Morgan fingerprint density at radius 3 is 2.76 bits per heavy atom. The molecule has 0 aromatic heterocycles. The van der Waals surface area contributed by atoms with Gasteiger partial charge in [-0.05, 0) is 45.0 Å². The van der Waals surface area contributed by atoms with Gasteiger partial charge >= 0.3 is 0 Å². The van der Waals surface area contributed by atoms with Crippen molar-refractivity contribution < 1.29 is 9.53 Å². The van der Waals surface area contributed by atoms with Crippen LogP contribution in [0, 0.1) is 0 Å². The summed E-state index contributed by atoms with van der Waals surface area (Å²) < 4.78 is 5.69. The number of carbonyl (C=O) groups is 1. The Balaban J connectivity index is 2.79. The molecule has 0 aliphatic rings. The van der Waals surface area contributed by atoms with Crippen LogP contribution in [0.1, 0.15) is 38.8 Å². The molecule has 0 bridgehead atoms. The summed E-state index contributed by atoms with van der Waals surface area (Å²) in [6.07, 6.45) is 1.06. The van der Waals surface area contributed by atoms with Crippen molar-refractivity contribution in [2.24, 2.45) is 0 Å². The SMILES string of the molecule is CCCNC(C)c1cc(Cl)ccc1OCC(=O)N(C)CC. The minimum atomic E-state index is -0.0347. The van der Waals surface area contributed by atoms with Crippen LogP contribution < -0.4 is 10.1 Å². The molecule has 1 aromatic rings. The number of rotatable bonds is 8. The number of carbonyl (C=O) groups excluding carboxylic acids is 1. The van der Waals surface area contributed by atoms with Gasteiger partial charge in [0.2, 0.25) is 0 Å². The highest BCUT2D eigenvalue weighted by Crippen LogP contribution is 2.28. The van der Waals surface area contributed by atoms with Crippen LogP contribution in [0.4, 0.5) is 0 Å². The fourth-order valence-corrected chi connectivity index (χ4v) is 2.07. The molecule has 0 heterocycles. The molecule has 0 spiro atoms. The number of hydrogen-bond donors (Lipinski definition) is 1. The van der Waals surface area contributed by atoms with Gasteiger partial charge in [0.1, 0.15) is 5.75 Å². The Bertz CT molecular complexity index is 466. The quantitative estimate of drug-likeness (QED) is 0.801. The first-order valence-corrected chi connectivity index (χ1v) is 7.76. The zero-order chi connectivity index (χ0) is 15.8. The lowest BCUT2D eigenvalue weighted by Crippen LogP contribution is -2.31. The average Bonchev–Trinajstić information content (AvgIpc) is 2.49. The van der Waals surface area contributed by atoms with Gasteiger partial charge < -0.3 is 15.0 Å². The van der Waals surface area contributed by atoms with Crippen molar-refractivity contribution in [1.82, 2.24) is 10.2 Å². The van der Waals surface area contributed by atoms with Crippen LogP contribution >= 0.6 is 11.6 Å². The first-order chi connectivity index (χ1) is 9.99. The number of hydrogen-bond acceptors (Lipinski definition) is 3. The summed E-state index contributed by atoms with van der Waals surface area (Å²) in [7, 11) is 1.76. The highest BCUT2D eigenvalue weighted by atomic mass is 35.5. The number of ether oxygens (including phenoxy) is 1. The first kappa shape index (κ1) is 17.8. The van der Waals surface area contributed by atoms with Gasteiger partial charge in [0.05, 0.1) is 0 Å². The number of halogens is 1. The Hall–Kier alpha value is -1.26. The van der Waals surface area contributed by atoms with Crippen LogP contribution in [0.15, 0.2) is 18.2 Å². The second-order valence-corrected chi connectivity index (χ2v) is 5.49. The van der Waals surface area contributed by atoms with Crippen LogP contribution in [0.5, 0.6) is 5.75 Å². The van der Waals surface area contributed by atoms with Crippen molar-refractivity contribution in [3.8, 4) is 5.75 Å². The van der Waals surface area contributed by atoms with E-state index >= 15 is 0 Å². The van der Waals surface area contributed by atoms with Crippen molar-refractivity contribution in [2.45, 2.75) is 33.2 Å². The molecule has 0 fully saturated rings. The van der Waals surface area contributed by atoms with E-state index in [0.717, 1.165) is 18.5 Å². The van der Waals surface area contributed by atoms with E-state index in [-0.39, 0.29) is 18.6 Å². The minimum absolute atomic E-state index is 0.0347. The van der Waals surface area contributed by atoms with Gasteiger partial charge in [-0.3, -0.25) is 4.79 Å². The van der Waals surface area contributed by atoms with Crippen LogP contribution in [0.25, 0.3) is 0 Å². The molecule has 1 amide bonds. The van der Waals surface area contributed by atoms with Gasteiger partial charge in [-0.2, -0.15) is 0 Å². The van der Waals surface area contributed by atoms with Crippen LogP contribution in [-0.4, -0.2) is 37.6 Å². The molecule has 0 aliphatic heterocycles. The van der Waals surface area contributed by atoms with E-state index < -0.39 is 0 Å². The third kappa shape index (κ3) is 5.56. The van der Waals surface area contributed by atoms with Crippen molar-refractivity contribution in [1.29, 1.82) is 0 Å². The van der Waals surface area contributed by atoms with Crippen LogP contribution in [-0.2, 0) is 4.79 Å². The molecule has 0 saturated carbocycles. The standard InChI is InChI=1S/C16H25ClN2O2/c1-5-9-18-12(3)14-10-13(17)7-8-15(14)21-11-16(20)19(4)6-2/h7-8,10,12,18H,5-6,9,11H2,1-4H3. The zero-order valence-corrected chi connectivity index (χ0v) is 14.0. The maximum atomic E-state index is 11.8. The Morgan fingerprint density at radius 2 is 2.14 bits per heavy atom. The monoisotopic (exact) mass is 312 g/mol. The number of likely N-dealkylation sites (N-methyl/N-ethyl adjacent to an activating group) is 1. The lowest BCUT2D eigenvalue weighted by Gasteiger charge is -2.20. The molecule has 5 heteroatoms. The number of benzene rings is 1. The van der Waals surface area contributed by atoms with E-state index in [4.69, 9.17) is 16.3 Å². The molecule has 1 N–H and O–H groups in total. The Labute approximate surface area is 132 Å². The fourth-order valence-electron chi connectivity index (χ4n) is 1.89. The summed E-state index contributed by atoms with van der Waals surface area (Å²) in [5, 5.41) is 4.07. The van der Waals surface area contributed by atoms with Gasteiger partial charge in [0.15, 0.2) is 6.61 Å². The number of nitrogens with one attached hydrogen (secondary N) is 1. The van der Waals surface area contributed by atoms with E-state index in [0.29, 0.717) is 17.3 Å². The smallest absolute Gasteiger partial charge is 0.260 e. The minimum Gasteiger partial charge on any atom is -0.483 e. The van der Waals surface area contributed by atoms with Crippen molar-refractivity contribution in [3.63, 3.8) is 0 Å². The van der Waals surface area contributed by atoms with E-state index in [1.165, 1.54) is 0 Å². The van der Waals surface area contributed by atoms with E-state index in [1.807, 2.05) is 19.1 Å². The second-order valence-electron chi connectivity index (χ2n) is 5.05. The lowest BCUT2D eigenvalue weighted by atomic mass is 10.1. The highest BCUT2D eigenvalue weighted by Gasteiger charge is 2.14. The average molecular weight is 313 g/mol. The first-order valence-electron chi connectivity index (χ1n) is 7.39. The third-order valence-corrected chi connectivity index (χ3v) is 3.63. The molecule has 4 nitrogen and oxygen atoms in total. The third-order valence-electron chi connectivity index (χ3n) is 3.39. The molecular formula is C16H25ClN2O2. The Morgan fingerprint density at radius 1 is 1.43 bits per heavy atom. The normalized spacial score (nSPS) is 12.0. The van der Waals surface area contributed by atoms with E-state index in [9.17, 15) is 4.79 Å². The lowest BCUT2D eigenvalue weighted by molar-refractivity contribution is -0.131. The molecule has 1 atom stereocenters.